The summed E-state index contributed by atoms with van der Waals surface area (Å²) in [6.07, 6.45) is 0. The highest BCUT2D eigenvalue weighted by atomic mass is 32.2. The first-order valence-electron chi connectivity index (χ1n) is 2.62. The van der Waals surface area contributed by atoms with Crippen molar-refractivity contribution in [3.05, 3.63) is 0 Å². The highest BCUT2D eigenvalue weighted by Crippen LogP contribution is 2.40. The standard InChI is InChI=1S/C3H6NO5PS/c5-2-3(11-1-4-2)9-10(6,7)8/h3H,1H2,(H,4,5)(H2,6,7,8). The maximum Gasteiger partial charge on any atom is 0.471 e. The molecule has 1 aliphatic rings. The molecule has 1 saturated heterocycles. The van der Waals surface area contributed by atoms with Gasteiger partial charge in [-0.3, -0.25) is 9.32 Å². The molecule has 0 aromatic carbocycles. The van der Waals surface area contributed by atoms with Crippen molar-refractivity contribution in [1.29, 1.82) is 0 Å². The lowest BCUT2D eigenvalue weighted by molar-refractivity contribution is -0.123. The highest BCUT2D eigenvalue weighted by molar-refractivity contribution is 8.01. The Bertz CT molecular complexity index is 214. The number of rotatable bonds is 2. The predicted molar refractivity (Wildman–Crippen MR) is 37.5 cm³/mol. The largest absolute Gasteiger partial charge is 0.471 e. The van der Waals surface area contributed by atoms with E-state index in [1.807, 2.05) is 0 Å². The third kappa shape index (κ3) is 2.80. The van der Waals surface area contributed by atoms with E-state index >= 15 is 0 Å². The average Bonchev–Trinajstić information content (AvgIpc) is 2.12. The summed E-state index contributed by atoms with van der Waals surface area (Å²) in [6.45, 7) is 0. The van der Waals surface area contributed by atoms with Crippen LogP contribution in [-0.2, 0) is 13.9 Å². The van der Waals surface area contributed by atoms with E-state index in [0.29, 0.717) is 5.88 Å². The minimum atomic E-state index is -4.53. The molecule has 8 heteroatoms. The molecule has 1 atom stereocenters. The maximum absolute atomic E-state index is 10.7. The number of hydrogen-bond donors (Lipinski definition) is 3. The zero-order chi connectivity index (χ0) is 8.48. The second-order valence-electron chi connectivity index (χ2n) is 1.78. The van der Waals surface area contributed by atoms with Gasteiger partial charge >= 0.3 is 7.82 Å². The minimum Gasteiger partial charge on any atom is -0.344 e. The van der Waals surface area contributed by atoms with Crippen LogP contribution in [-0.4, -0.2) is 27.0 Å². The Balaban J connectivity index is 2.50. The van der Waals surface area contributed by atoms with Gasteiger partial charge in [0.2, 0.25) is 0 Å². The lowest BCUT2D eigenvalue weighted by Crippen LogP contribution is -2.23. The molecule has 1 unspecified atom stereocenters. The minimum absolute atomic E-state index is 0.323. The quantitative estimate of drug-likeness (QED) is 0.506. The fourth-order valence-electron chi connectivity index (χ4n) is 0.551. The summed E-state index contributed by atoms with van der Waals surface area (Å²) in [6, 6.07) is 0. The van der Waals surface area contributed by atoms with Gasteiger partial charge in [0.25, 0.3) is 5.91 Å². The summed E-state index contributed by atoms with van der Waals surface area (Å²) in [7, 11) is -4.53. The van der Waals surface area contributed by atoms with Crippen molar-refractivity contribution >= 4 is 25.5 Å². The zero-order valence-corrected chi connectivity index (χ0v) is 6.97. The van der Waals surface area contributed by atoms with Crippen LogP contribution in [0.5, 0.6) is 0 Å². The van der Waals surface area contributed by atoms with Crippen LogP contribution in [0.1, 0.15) is 0 Å². The van der Waals surface area contributed by atoms with Crippen molar-refractivity contribution in [1.82, 2.24) is 5.32 Å². The molecule has 0 aromatic rings. The van der Waals surface area contributed by atoms with Gasteiger partial charge in [-0.1, -0.05) is 11.8 Å². The summed E-state index contributed by atoms with van der Waals surface area (Å²) < 4.78 is 14.3. The van der Waals surface area contributed by atoms with Crippen molar-refractivity contribution in [2.45, 2.75) is 5.44 Å². The van der Waals surface area contributed by atoms with E-state index in [1.54, 1.807) is 0 Å². The van der Waals surface area contributed by atoms with Gasteiger partial charge in [0.1, 0.15) is 0 Å². The van der Waals surface area contributed by atoms with Crippen LogP contribution in [0.15, 0.2) is 0 Å². The first-order chi connectivity index (χ1) is 4.99. The molecule has 0 bridgehead atoms. The maximum atomic E-state index is 10.7. The summed E-state index contributed by atoms with van der Waals surface area (Å²) in [5.41, 5.74) is -1.07. The Labute approximate surface area is 66.5 Å². The fourth-order valence-corrected chi connectivity index (χ4v) is 2.09. The molecule has 0 spiro atoms. The first-order valence-corrected chi connectivity index (χ1v) is 5.20. The van der Waals surface area contributed by atoms with Crippen molar-refractivity contribution < 1.29 is 23.7 Å². The van der Waals surface area contributed by atoms with Gasteiger partial charge in [-0.05, 0) is 0 Å². The SMILES string of the molecule is O=C1NCSC1OP(=O)(O)O. The predicted octanol–water partition coefficient (Wildman–Crippen LogP) is -0.758. The van der Waals surface area contributed by atoms with E-state index in [4.69, 9.17) is 9.79 Å². The molecule has 0 aliphatic carbocycles. The summed E-state index contributed by atoms with van der Waals surface area (Å²) in [4.78, 5) is 27.2. The van der Waals surface area contributed by atoms with Gasteiger partial charge in [0, 0.05) is 0 Å². The Morgan fingerprint density at radius 3 is 2.73 bits per heavy atom. The number of carbonyl (C=O) groups excluding carboxylic acids is 1. The van der Waals surface area contributed by atoms with E-state index in [1.165, 1.54) is 0 Å². The van der Waals surface area contributed by atoms with Crippen LogP contribution in [0.2, 0.25) is 0 Å². The summed E-state index contributed by atoms with van der Waals surface area (Å²) in [5.74, 6) is -0.179. The van der Waals surface area contributed by atoms with Crippen LogP contribution in [0, 0.1) is 0 Å². The number of phosphoric ester groups is 1. The van der Waals surface area contributed by atoms with E-state index in [0.717, 1.165) is 11.8 Å². The molecule has 0 saturated carbocycles. The number of thioether (sulfide) groups is 1. The molecule has 1 aliphatic heterocycles. The topological polar surface area (TPSA) is 95.9 Å². The van der Waals surface area contributed by atoms with Crippen molar-refractivity contribution in [3.8, 4) is 0 Å². The van der Waals surface area contributed by atoms with Gasteiger partial charge in [-0.15, -0.1) is 0 Å². The molecule has 1 amide bonds. The molecular weight excluding hydrogens is 193 g/mol. The molecule has 1 heterocycles. The van der Waals surface area contributed by atoms with Crippen molar-refractivity contribution in [2.75, 3.05) is 5.88 Å². The Morgan fingerprint density at radius 1 is 1.73 bits per heavy atom. The molecular formula is C3H6NO5PS. The van der Waals surface area contributed by atoms with Crippen molar-refractivity contribution in [3.63, 3.8) is 0 Å². The summed E-state index contributed by atoms with van der Waals surface area (Å²) in [5, 5.41) is 2.35. The average molecular weight is 199 g/mol. The second kappa shape index (κ2) is 3.12. The fraction of sp³-hybridized carbons (Fsp3) is 0.667. The van der Waals surface area contributed by atoms with Crippen LogP contribution < -0.4 is 5.32 Å². The van der Waals surface area contributed by atoms with Gasteiger partial charge in [-0.2, -0.15) is 0 Å². The number of amides is 1. The molecule has 1 fully saturated rings. The third-order valence-electron chi connectivity index (χ3n) is 0.928. The van der Waals surface area contributed by atoms with Crippen molar-refractivity contribution in [2.24, 2.45) is 0 Å². The molecule has 3 N–H and O–H groups in total. The first kappa shape index (κ1) is 9.02. The van der Waals surface area contributed by atoms with Gasteiger partial charge in [0.15, 0.2) is 5.44 Å². The van der Waals surface area contributed by atoms with Crippen LogP contribution in [0.3, 0.4) is 0 Å². The van der Waals surface area contributed by atoms with Gasteiger partial charge in [-0.25, -0.2) is 4.57 Å². The van der Waals surface area contributed by atoms with E-state index in [9.17, 15) is 9.36 Å². The Morgan fingerprint density at radius 2 is 2.36 bits per heavy atom. The van der Waals surface area contributed by atoms with Crippen LogP contribution in [0.4, 0.5) is 0 Å². The smallest absolute Gasteiger partial charge is 0.344 e. The Kier molecular flexibility index (Phi) is 2.56. The molecule has 11 heavy (non-hydrogen) atoms. The highest BCUT2D eigenvalue weighted by Gasteiger charge is 2.32. The van der Waals surface area contributed by atoms with Crippen LogP contribution >= 0.6 is 19.6 Å². The lowest BCUT2D eigenvalue weighted by Gasteiger charge is -2.07. The number of nitrogens with one attached hydrogen (secondary N) is 1. The molecule has 0 aromatic heterocycles. The molecule has 6 nitrogen and oxygen atoms in total. The van der Waals surface area contributed by atoms with Gasteiger partial charge in [0.05, 0.1) is 5.88 Å². The molecule has 1 rings (SSSR count). The number of carbonyl (C=O) groups is 1. The Hall–Kier alpha value is -0.0700. The molecule has 64 valence electrons. The van der Waals surface area contributed by atoms with E-state index < -0.39 is 19.2 Å². The van der Waals surface area contributed by atoms with Gasteiger partial charge < -0.3 is 15.1 Å². The number of phosphoric acid groups is 1. The monoisotopic (exact) mass is 199 g/mol. The molecule has 0 radical (unpaired) electrons. The van der Waals surface area contributed by atoms with E-state index in [2.05, 4.69) is 9.84 Å². The second-order valence-corrected chi connectivity index (χ2v) is 4.02. The summed E-state index contributed by atoms with van der Waals surface area (Å²) >= 11 is 1.00. The zero-order valence-electron chi connectivity index (χ0n) is 5.26. The normalized spacial score (nSPS) is 25.3. The lowest BCUT2D eigenvalue weighted by atomic mass is 10.7. The third-order valence-corrected chi connectivity index (χ3v) is 2.48. The van der Waals surface area contributed by atoms with E-state index in [-0.39, 0.29) is 0 Å². The van der Waals surface area contributed by atoms with Crippen LogP contribution in [0.25, 0.3) is 0 Å². The number of hydrogen-bond acceptors (Lipinski definition) is 4.